The molecule has 0 spiro atoms. The molecular weight excluding hydrogens is 484 g/mol. The fourth-order valence-electron chi connectivity index (χ4n) is 5.10. The van der Waals surface area contributed by atoms with E-state index in [1.807, 2.05) is 25.1 Å². The van der Waals surface area contributed by atoms with Crippen molar-refractivity contribution in [3.05, 3.63) is 76.5 Å². The van der Waals surface area contributed by atoms with E-state index in [2.05, 4.69) is 21.9 Å². The molecule has 1 fully saturated rings. The Hall–Kier alpha value is -4.17. The van der Waals surface area contributed by atoms with E-state index in [-0.39, 0.29) is 17.3 Å². The number of Topliss-reactive ketones (excluding diaryl/α,β-unsaturated/α-hetero) is 1. The van der Waals surface area contributed by atoms with Gasteiger partial charge in [-0.1, -0.05) is 18.2 Å². The molecule has 2 aliphatic rings. The summed E-state index contributed by atoms with van der Waals surface area (Å²) in [6, 6.07) is 15.5. The van der Waals surface area contributed by atoms with Gasteiger partial charge in [0.05, 0.1) is 32.5 Å². The Kier molecular flexibility index (Phi) is 7.15. The zero-order valence-electron chi connectivity index (χ0n) is 22.1. The van der Waals surface area contributed by atoms with Gasteiger partial charge in [0.25, 0.3) is 0 Å². The molecule has 0 amide bonds. The second-order valence-electron chi connectivity index (χ2n) is 9.39. The number of hydrogen-bond acceptors (Lipinski definition) is 8. The summed E-state index contributed by atoms with van der Waals surface area (Å²) in [6.45, 7) is 5.72. The highest BCUT2D eigenvalue weighted by Gasteiger charge is 2.34. The third-order valence-electron chi connectivity index (χ3n) is 7.08. The first kappa shape index (κ1) is 25.5. The van der Waals surface area contributed by atoms with Gasteiger partial charge in [-0.3, -0.25) is 9.69 Å². The van der Waals surface area contributed by atoms with Crippen LogP contribution in [0, 0.1) is 6.92 Å². The maximum Gasteiger partial charge on any atom is 0.232 e. The number of hydrogen-bond donors (Lipinski definition) is 1. The zero-order valence-corrected chi connectivity index (χ0v) is 22.1. The number of ketones is 1. The number of piperazine rings is 1. The number of methoxy groups -OCH3 is 3. The molecule has 0 saturated carbocycles. The van der Waals surface area contributed by atoms with Gasteiger partial charge in [0.1, 0.15) is 11.5 Å². The fourth-order valence-corrected chi connectivity index (χ4v) is 5.10. The second-order valence-corrected chi connectivity index (χ2v) is 9.39. The monoisotopic (exact) mass is 516 g/mol. The van der Waals surface area contributed by atoms with E-state index >= 15 is 0 Å². The van der Waals surface area contributed by atoms with Crippen molar-refractivity contribution < 1.29 is 28.8 Å². The number of allylic oxidation sites excluding steroid dienone is 1. The summed E-state index contributed by atoms with van der Waals surface area (Å²) in [4.78, 5) is 18.1. The molecule has 8 heteroatoms. The van der Waals surface area contributed by atoms with Gasteiger partial charge < -0.3 is 29.0 Å². The molecule has 198 valence electrons. The largest absolute Gasteiger partial charge is 0.507 e. The van der Waals surface area contributed by atoms with Gasteiger partial charge in [-0.2, -0.15) is 0 Å². The van der Waals surface area contributed by atoms with Crippen molar-refractivity contribution in [3.63, 3.8) is 0 Å². The number of benzene rings is 3. The van der Waals surface area contributed by atoms with Gasteiger partial charge in [0.15, 0.2) is 17.3 Å². The first-order valence-corrected chi connectivity index (χ1v) is 12.6. The Bertz CT molecular complexity index is 1350. The van der Waals surface area contributed by atoms with E-state index in [4.69, 9.17) is 18.9 Å². The van der Waals surface area contributed by atoms with Crippen LogP contribution in [0.3, 0.4) is 0 Å². The average molecular weight is 517 g/mol. The van der Waals surface area contributed by atoms with E-state index in [1.54, 1.807) is 38.5 Å². The maximum atomic E-state index is 13.4. The number of carbonyl (C=O) groups is 1. The van der Waals surface area contributed by atoms with Crippen LogP contribution in [0.4, 0.5) is 5.69 Å². The summed E-state index contributed by atoms with van der Waals surface area (Å²) < 4.78 is 22.4. The van der Waals surface area contributed by atoms with Crippen molar-refractivity contribution in [3.8, 4) is 28.7 Å². The van der Waals surface area contributed by atoms with E-state index < -0.39 is 0 Å². The zero-order chi connectivity index (χ0) is 26.8. The van der Waals surface area contributed by atoms with Crippen LogP contribution in [-0.4, -0.2) is 63.3 Å². The molecule has 8 nitrogen and oxygen atoms in total. The average Bonchev–Trinajstić information content (AvgIpc) is 3.27. The predicted molar refractivity (Wildman–Crippen MR) is 146 cm³/mol. The van der Waals surface area contributed by atoms with Gasteiger partial charge in [-0.05, 0) is 54.5 Å². The van der Waals surface area contributed by atoms with Gasteiger partial charge in [0, 0.05) is 38.4 Å². The Morgan fingerprint density at radius 3 is 2.21 bits per heavy atom. The van der Waals surface area contributed by atoms with Crippen molar-refractivity contribution in [1.82, 2.24) is 4.90 Å². The predicted octanol–water partition coefficient (Wildman–Crippen LogP) is 4.66. The number of phenols is 1. The molecule has 0 radical (unpaired) electrons. The number of anilines is 1. The number of fused-ring (bicyclic) bond motifs is 1. The minimum atomic E-state index is -0.221. The molecule has 5 rings (SSSR count). The quantitative estimate of drug-likeness (QED) is 0.454. The van der Waals surface area contributed by atoms with Crippen LogP contribution < -0.4 is 23.8 Å². The number of phenolic OH excluding ortho intramolecular Hbond substituents is 1. The topological polar surface area (TPSA) is 80.7 Å². The molecule has 0 atom stereocenters. The summed E-state index contributed by atoms with van der Waals surface area (Å²) >= 11 is 0. The molecule has 38 heavy (non-hydrogen) atoms. The molecule has 3 aromatic rings. The minimum Gasteiger partial charge on any atom is -0.507 e. The highest BCUT2D eigenvalue weighted by Crippen LogP contribution is 2.43. The molecule has 0 aromatic heterocycles. The van der Waals surface area contributed by atoms with Gasteiger partial charge in [-0.25, -0.2) is 0 Å². The van der Waals surface area contributed by atoms with Crippen LogP contribution in [0.25, 0.3) is 6.08 Å². The van der Waals surface area contributed by atoms with Gasteiger partial charge in [-0.15, -0.1) is 0 Å². The summed E-state index contributed by atoms with van der Waals surface area (Å²) in [6.07, 6.45) is 1.66. The molecule has 3 aromatic carbocycles. The smallest absolute Gasteiger partial charge is 0.232 e. The Morgan fingerprint density at radius 2 is 1.61 bits per heavy atom. The van der Waals surface area contributed by atoms with Crippen LogP contribution in [0.2, 0.25) is 0 Å². The van der Waals surface area contributed by atoms with Crippen LogP contribution in [0.15, 0.2) is 54.3 Å². The second kappa shape index (κ2) is 10.7. The van der Waals surface area contributed by atoms with Gasteiger partial charge >= 0.3 is 0 Å². The summed E-state index contributed by atoms with van der Waals surface area (Å²) in [5.74, 6) is 1.94. The summed E-state index contributed by atoms with van der Waals surface area (Å²) in [7, 11) is 4.62. The van der Waals surface area contributed by atoms with Crippen molar-refractivity contribution in [2.24, 2.45) is 0 Å². The lowest BCUT2D eigenvalue weighted by Gasteiger charge is -2.36. The molecule has 2 heterocycles. The highest BCUT2D eigenvalue weighted by molar-refractivity contribution is 6.16. The molecule has 0 aliphatic carbocycles. The van der Waals surface area contributed by atoms with Crippen LogP contribution in [-0.2, 0) is 6.54 Å². The van der Waals surface area contributed by atoms with Crippen molar-refractivity contribution in [1.29, 1.82) is 0 Å². The molecular formula is C30H32N2O6. The molecule has 2 aliphatic heterocycles. The first-order valence-electron chi connectivity index (χ1n) is 12.6. The number of rotatable bonds is 7. The number of aryl methyl sites for hydroxylation is 1. The number of ether oxygens (including phenoxy) is 4. The van der Waals surface area contributed by atoms with Crippen LogP contribution in [0.1, 0.15) is 27.0 Å². The van der Waals surface area contributed by atoms with Crippen LogP contribution in [0.5, 0.6) is 28.7 Å². The maximum absolute atomic E-state index is 13.4. The lowest BCUT2D eigenvalue weighted by molar-refractivity contribution is 0.101. The van der Waals surface area contributed by atoms with Crippen LogP contribution >= 0.6 is 0 Å². The summed E-state index contributed by atoms with van der Waals surface area (Å²) in [5, 5.41) is 10.9. The standard InChI is InChI=1S/C30H32N2O6/c1-19-14-23(33)22(18-31-10-12-32(13-11-31)21-8-6-5-7-9-21)29-27(19)28(34)24(38-29)15-20-16-25(35-2)30(37-4)26(17-20)36-3/h5-9,14-17,33H,10-13,18H2,1-4H3/b24-15+. The van der Waals surface area contributed by atoms with Crippen molar-refractivity contribution in [2.75, 3.05) is 52.4 Å². The Labute approximate surface area is 222 Å². The minimum absolute atomic E-state index is 0.133. The van der Waals surface area contributed by atoms with E-state index in [9.17, 15) is 9.90 Å². The van der Waals surface area contributed by atoms with Crippen molar-refractivity contribution >= 4 is 17.5 Å². The van der Waals surface area contributed by atoms with E-state index in [1.165, 1.54) is 12.8 Å². The van der Waals surface area contributed by atoms with E-state index in [0.29, 0.717) is 51.8 Å². The Morgan fingerprint density at radius 1 is 0.947 bits per heavy atom. The fraction of sp³-hybridized carbons (Fsp3) is 0.300. The molecule has 1 saturated heterocycles. The third-order valence-corrected chi connectivity index (χ3v) is 7.08. The first-order chi connectivity index (χ1) is 18.4. The number of para-hydroxylation sites is 1. The lowest BCUT2D eigenvalue weighted by Crippen LogP contribution is -2.46. The number of nitrogens with zero attached hydrogens (tertiary/aromatic N) is 2. The number of aromatic hydroxyl groups is 1. The highest BCUT2D eigenvalue weighted by atomic mass is 16.5. The van der Waals surface area contributed by atoms with Crippen molar-refractivity contribution in [2.45, 2.75) is 13.5 Å². The normalized spacial score (nSPS) is 16.4. The lowest BCUT2D eigenvalue weighted by atomic mass is 9.99. The SMILES string of the molecule is COc1cc(/C=C2/Oc3c(CN4CCN(c5ccccc5)CC4)c(O)cc(C)c3C2=O)cc(OC)c1OC. The Balaban J connectivity index is 1.40. The van der Waals surface area contributed by atoms with E-state index in [0.717, 1.165) is 26.2 Å². The van der Waals surface area contributed by atoms with Gasteiger partial charge in [0.2, 0.25) is 11.5 Å². The number of carbonyl (C=O) groups excluding carboxylic acids is 1. The summed E-state index contributed by atoms with van der Waals surface area (Å²) in [5.41, 5.74) is 3.66. The molecule has 1 N–H and O–H groups in total. The molecule has 0 unspecified atom stereocenters. The molecule has 0 bridgehead atoms. The third kappa shape index (κ3) is 4.75.